The molecule has 0 aromatic heterocycles. The zero-order valence-corrected chi connectivity index (χ0v) is 10.4. The van der Waals surface area contributed by atoms with E-state index in [-0.39, 0.29) is 12.0 Å². The highest BCUT2D eigenvalue weighted by Gasteiger charge is 2.18. The highest BCUT2D eigenvalue weighted by Crippen LogP contribution is 2.12. The summed E-state index contributed by atoms with van der Waals surface area (Å²) in [4.78, 5) is 11.5. The topological polar surface area (TPSA) is 50.4 Å². The summed E-state index contributed by atoms with van der Waals surface area (Å²) in [6, 6.07) is 0. The third kappa shape index (κ3) is 3.96. The van der Waals surface area contributed by atoms with Gasteiger partial charge in [0.1, 0.15) is 0 Å². The van der Waals surface area contributed by atoms with E-state index in [4.69, 9.17) is 4.74 Å². The van der Waals surface area contributed by atoms with Gasteiger partial charge in [-0.1, -0.05) is 0 Å². The molecule has 0 radical (unpaired) electrons. The molecule has 0 aliphatic carbocycles. The molecule has 2 aliphatic heterocycles. The van der Waals surface area contributed by atoms with Crippen LogP contribution < -0.4 is 10.6 Å². The number of rotatable bonds is 6. The van der Waals surface area contributed by atoms with Crippen LogP contribution in [0.3, 0.4) is 0 Å². The van der Waals surface area contributed by atoms with Crippen molar-refractivity contribution in [1.82, 2.24) is 10.6 Å². The second kappa shape index (κ2) is 6.47. The molecule has 0 saturated carbocycles. The molecular weight excluding hydrogens is 224 g/mol. The Morgan fingerprint density at radius 1 is 1.50 bits per heavy atom. The van der Waals surface area contributed by atoms with Crippen LogP contribution in [0.1, 0.15) is 12.8 Å². The van der Waals surface area contributed by atoms with E-state index in [9.17, 15) is 4.79 Å². The summed E-state index contributed by atoms with van der Waals surface area (Å²) < 4.78 is 5.44. The van der Waals surface area contributed by atoms with Crippen LogP contribution in [0, 0.1) is 5.92 Å². The van der Waals surface area contributed by atoms with Gasteiger partial charge in [-0.2, -0.15) is 11.8 Å². The summed E-state index contributed by atoms with van der Waals surface area (Å²) in [5, 5.41) is 6.17. The molecular formula is C11H20N2O2S. The van der Waals surface area contributed by atoms with Gasteiger partial charge in [0.15, 0.2) is 0 Å². The third-order valence-electron chi connectivity index (χ3n) is 3.00. The van der Waals surface area contributed by atoms with Gasteiger partial charge in [-0.25, -0.2) is 0 Å². The summed E-state index contributed by atoms with van der Waals surface area (Å²) in [5.74, 6) is 2.60. The van der Waals surface area contributed by atoms with Crippen LogP contribution in [-0.4, -0.2) is 49.8 Å². The first kappa shape index (κ1) is 12.2. The molecule has 92 valence electrons. The van der Waals surface area contributed by atoms with Gasteiger partial charge in [-0.15, -0.1) is 0 Å². The fourth-order valence-electron chi connectivity index (χ4n) is 1.87. The second-order valence-corrected chi connectivity index (χ2v) is 5.51. The number of carbonyl (C=O) groups is 1. The zero-order chi connectivity index (χ0) is 11.2. The van der Waals surface area contributed by atoms with Crippen LogP contribution in [0.5, 0.6) is 0 Å². The molecule has 2 fully saturated rings. The molecule has 1 unspecified atom stereocenters. The lowest BCUT2D eigenvalue weighted by Gasteiger charge is -2.26. The molecule has 16 heavy (non-hydrogen) atoms. The fourth-order valence-corrected chi connectivity index (χ4v) is 2.84. The van der Waals surface area contributed by atoms with Crippen molar-refractivity contribution >= 4 is 17.7 Å². The number of carbonyl (C=O) groups excluding carboxylic acids is 1. The molecule has 2 aliphatic rings. The highest BCUT2D eigenvalue weighted by atomic mass is 32.2. The maximum Gasteiger partial charge on any atom is 0.230 e. The SMILES string of the molecule is O=C(CSCC1CNC1)NCC1CCCO1. The number of amides is 1. The van der Waals surface area contributed by atoms with Gasteiger partial charge in [0.05, 0.1) is 11.9 Å². The Labute approximate surface area is 101 Å². The van der Waals surface area contributed by atoms with Crippen LogP contribution in [0.15, 0.2) is 0 Å². The van der Waals surface area contributed by atoms with Gasteiger partial charge in [0.25, 0.3) is 0 Å². The Bertz CT molecular complexity index is 228. The number of hydrogen-bond donors (Lipinski definition) is 2. The third-order valence-corrected chi connectivity index (χ3v) is 4.18. The van der Waals surface area contributed by atoms with Crippen molar-refractivity contribution in [2.24, 2.45) is 5.92 Å². The van der Waals surface area contributed by atoms with Crippen LogP contribution in [0.25, 0.3) is 0 Å². The van der Waals surface area contributed by atoms with E-state index in [1.807, 2.05) is 0 Å². The molecule has 2 N–H and O–H groups in total. The Morgan fingerprint density at radius 2 is 2.38 bits per heavy atom. The lowest BCUT2D eigenvalue weighted by atomic mass is 10.1. The van der Waals surface area contributed by atoms with E-state index >= 15 is 0 Å². The summed E-state index contributed by atoms with van der Waals surface area (Å²) in [6.45, 7) is 3.77. The van der Waals surface area contributed by atoms with Gasteiger partial charge in [0.2, 0.25) is 5.91 Å². The Kier molecular flexibility index (Phi) is 4.93. The summed E-state index contributed by atoms with van der Waals surface area (Å²) in [6.07, 6.45) is 2.47. The summed E-state index contributed by atoms with van der Waals surface area (Å²) in [7, 11) is 0. The predicted molar refractivity (Wildman–Crippen MR) is 65.7 cm³/mol. The minimum Gasteiger partial charge on any atom is -0.376 e. The smallest absolute Gasteiger partial charge is 0.230 e. The van der Waals surface area contributed by atoms with Crippen LogP contribution >= 0.6 is 11.8 Å². The van der Waals surface area contributed by atoms with Crippen molar-refractivity contribution < 1.29 is 9.53 Å². The van der Waals surface area contributed by atoms with E-state index in [1.165, 1.54) is 0 Å². The van der Waals surface area contributed by atoms with Crippen molar-refractivity contribution in [2.45, 2.75) is 18.9 Å². The first-order chi connectivity index (χ1) is 7.84. The van der Waals surface area contributed by atoms with Crippen LogP contribution in [0.2, 0.25) is 0 Å². The molecule has 4 nitrogen and oxygen atoms in total. The van der Waals surface area contributed by atoms with Crippen LogP contribution in [0.4, 0.5) is 0 Å². The van der Waals surface area contributed by atoms with Crippen molar-refractivity contribution in [3.63, 3.8) is 0 Å². The average Bonchev–Trinajstić information content (AvgIpc) is 2.71. The van der Waals surface area contributed by atoms with Gasteiger partial charge < -0.3 is 15.4 Å². The Hall–Kier alpha value is -0.260. The maximum absolute atomic E-state index is 11.5. The molecule has 1 amide bonds. The van der Waals surface area contributed by atoms with E-state index in [1.54, 1.807) is 11.8 Å². The van der Waals surface area contributed by atoms with Crippen molar-refractivity contribution in [1.29, 1.82) is 0 Å². The minimum atomic E-state index is 0.146. The van der Waals surface area contributed by atoms with E-state index in [0.717, 1.165) is 44.2 Å². The standard InChI is InChI=1S/C11H20N2O2S/c14-11(8-16-7-9-4-12-5-9)13-6-10-2-1-3-15-10/h9-10,12H,1-8H2,(H,13,14). The normalized spacial score (nSPS) is 25.4. The monoisotopic (exact) mass is 244 g/mol. The molecule has 0 bridgehead atoms. The largest absolute Gasteiger partial charge is 0.376 e. The molecule has 0 spiro atoms. The minimum absolute atomic E-state index is 0.146. The van der Waals surface area contributed by atoms with Gasteiger partial charge in [0, 0.05) is 13.2 Å². The van der Waals surface area contributed by atoms with Crippen LogP contribution in [-0.2, 0) is 9.53 Å². The first-order valence-electron chi connectivity index (χ1n) is 6.01. The lowest BCUT2D eigenvalue weighted by molar-refractivity contribution is -0.119. The van der Waals surface area contributed by atoms with E-state index in [0.29, 0.717) is 12.3 Å². The van der Waals surface area contributed by atoms with Gasteiger partial charge in [-0.05, 0) is 37.6 Å². The Balaban J connectivity index is 1.46. The number of thioether (sulfide) groups is 1. The summed E-state index contributed by atoms with van der Waals surface area (Å²) >= 11 is 1.73. The second-order valence-electron chi connectivity index (χ2n) is 4.48. The first-order valence-corrected chi connectivity index (χ1v) is 7.17. The van der Waals surface area contributed by atoms with Gasteiger partial charge in [-0.3, -0.25) is 4.79 Å². The molecule has 0 aromatic carbocycles. The van der Waals surface area contributed by atoms with Crippen molar-refractivity contribution in [3.05, 3.63) is 0 Å². The number of hydrogen-bond acceptors (Lipinski definition) is 4. The van der Waals surface area contributed by atoms with Crippen molar-refractivity contribution in [3.8, 4) is 0 Å². The average molecular weight is 244 g/mol. The fraction of sp³-hybridized carbons (Fsp3) is 0.909. The molecule has 0 aromatic rings. The molecule has 2 heterocycles. The quantitative estimate of drug-likeness (QED) is 0.702. The molecule has 2 saturated heterocycles. The van der Waals surface area contributed by atoms with E-state index in [2.05, 4.69) is 10.6 Å². The number of ether oxygens (including phenoxy) is 1. The molecule has 5 heteroatoms. The Morgan fingerprint density at radius 3 is 3.00 bits per heavy atom. The van der Waals surface area contributed by atoms with Crippen molar-refractivity contribution in [2.75, 3.05) is 37.7 Å². The molecule has 2 rings (SSSR count). The van der Waals surface area contributed by atoms with E-state index < -0.39 is 0 Å². The number of nitrogens with one attached hydrogen (secondary N) is 2. The maximum atomic E-state index is 11.5. The molecule has 1 atom stereocenters. The highest BCUT2D eigenvalue weighted by molar-refractivity contribution is 7.99. The summed E-state index contributed by atoms with van der Waals surface area (Å²) in [5.41, 5.74) is 0. The lowest BCUT2D eigenvalue weighted by Crippen LogP contribution is -2.43. The van der Waals surface area contributed by atoms with Gasteiger partial charge >= 0.3 is 0 Å². The zero-order valence-electron chi connectivity index (χ0n) is 9.54. The predicted octanol–water partition coefficient (Wildman–Crippen LogP) is 0.234.